The second-order valence-corrected chi connectivity index (χ2v) is 11.6. The lowest BCUT2D eigenvalue weighted by Crippen LogP contribution is -2.48. The average Bonchev–Trinajstić information content (AvgIpc) is 3.14. The first-order valence-electron chi connectivity index (χ1n) is 11.8. The number of hydrogen-bond donors (Lipinski definition) is 0. The van der Waals surface area contributed by atoms with E-state index < -0.39 is 10.0 Å². The molecule has 1 aliphatic carbocycles. The average molecular weight is 441 g/mol. The van der Waals surface area contributed by atoms with E-state index in [1.165, 1.54) is 19.3 Å². The van der Waals surface area contributed by atoms with Crippen LogP contribution in [0, 0.1) is 11.8 Å². The Bertz CT molecular complexity index is 1080. The summed E-state index contributed by atoms with van der Waals surface area (Å²) in [4.78, 5) is 15.9. The lowest BCUT2D eigenvalue weighted by atomic mass is 9.84. The predicted octanol–water partition coefficient (Wildman–Crippen LogP) is 4.42. The fourth-order valence-corrected chi connectivity index (χ4v) is 7.62. The molecule has 5 rings (SSSR count). The zero-order chi connectivity index (χ0) is 21.6. The van der Waals surface area contributed by atoms with Crippen LogP contribution in [-0.2, 0) is 14.8 Å². The van der Waals surface area contributed by atoms with Gasteiger partial charge < -0.3 is 4.90 Å². The second-order valence-electron chi connectivity index (χ2n) is 9.63. The van der Waals surface area contributed by atoms with Gasteiger partial charge in [0.05, 0.1) is 4.90 Å². The summed E-state index contributed by atoms with van der Waals surface area (Å²) in [5.41, 5.74) is 0. The molecule has 1 amide bonds. The first kappa shape index (κ1) is 21.0. The molecule has 2 aromatic carbocycles. The molecule has 31 heavy (non-hydrogen) atoms. The third-order valence-electron chi connectivity index (χ3n) is 7.76. The highest BCUT2D eigenvalue weighted by Gasteiger charge is 2.45. The van der Waals surface area contributed by atoms with Crippen LogP contribution in [0.5, 0.6) is 0 Å². The van der Waals surface area contributed by atoms with Crippen LogP contribution in [0.2, 0.25) is 0 Å². The molecule has 1 saturated carbocycles. The van der Waals surface area contributed by atoms with Crippen molar-refractivity contribution in [2.75, 3.05) is 13.1 Å². The molecule has 3 unspecified atom stereocenters. The highest BCUT2D eigenvalue weighted by Crippen LogP contribution is 2.41. The molecule has 0 bridgehead atoms. The van der Waals surface area contributed by atoms with Crippen molar-refractivity contribution >= 4 is 26.7 Å². The lowest BCUT2D eigenvalue weighted by molar-refractivity contribution is -0.140. The number of fused-ring (bicyclic) bond motifs is 2. The smallest absolute Gasteiger partial charge is 0.243 e. The summed E-state index contributed by atoms with van der Waals surface area (Å²) in [7, 11) is -3.54. The Labute approximate surface area is 185 Å². The van der Waals surface area contributed by atoms with Crippen molar-refractivity contribution in [1.82, 2.24) is 9.21 Å². The van der Waals surface area contributed by atoms with Crippen molar-refractivity contribution in [3.8, 4) is 0 Å². The lowest BCUT2D eigenvalue weighted by Gasteiger charge is -2.38. The molecule has 2 heterocycles. The molecule has 2 saturated heterocycles. The predicted molar refractivity (Wildman–Crippen MR) is 122 cm³/mol. The fourth-order valence-electron chi connectivity index (χ4n) is 6.12. The van der Waals surface area contributed by atoms with E-state index in [0.29, 0.717) is 48.8 Å². The summed E-state index contributed by atoms with van der Waals surface area (Å²) in [6, 6.07) is 13.9. The van der Waals surface area contributed by atoms with Gasteiger partial charge in [0.1, 0.15) is 0 Å². The number of likely N-dealkylation sites (tertiary alicyclic amines) is 1. The number of sulfonamides is 1. The SMILES string of the molecule is CC1CC2CCCCC2N1C(=O)C1CCN(S(=O)(=O)c2ccc3ccccc3c2)CC1. The maximum Gasteiger partial charge on any atom is 0.243 e. The van der Waals surface area contributed by atoms with Crippen LogP contribution in [0.4, 0.5) is 0 Å². The van der Waals surface area contributed by atoms with Crippen molar-refractivity contribution in [3.63, 3.8) is 0 Å². The number of carbonyl (C=O) groups excluding carboxylic acids is 1. The van der Waals surface area contributed by atoms with Crippen LogP contribution in [0.3, 0.4) is 0 Å². The van der Waals surface area contributed by atoms with Gasteiger partial charge in [-0.25, -0.2) is 8.42 Å². The molecule has 0 spiro atoms. The van der Waals surface area contributed by atoms with E-state index in [0.717, 1.165) is 23.6 Å². The number of benzene rings is 2. The van der Waals surface area contributed by atoms with Crippen LogP contribution in [0.25, 0.3) is 10.8 Å². The summed E-state index contributed by atoms with van der Waals surface area (Å²) < 4.78 is 28.0. The van der Waals surface area contributed by atoms with Gasteiger partial charge >= 0.3 is 0 Å². The molecule has 6 heteroatoms. The molecule has 3 fully saturated rings. The minimum absolute atomic E-state index is 0.0498. The Morgan fingerprint density at radius 1 is 0.935 bits per heavy atom. The summed E-state index contributed by atoms with van der Waals surface area (Å²) in [6.45, 7) is 3.03. The Morgan fingerprint density at radius 3 is 2.42 bits per heavy atom. The number of amides is 1. The Kier molecular flexibility index (Phi) is 5.55. The molecule has 0 radical (unpaired) electrons. The maximum atomic E-state index is 13.4. The molecule has 166 valence electrons. The minimum Gasteiger partial charge on any atom is -0.336 e. The largest absolute Gasteiger partial charge is 0.336 e. The van der Waals surface area contributed by atoms with E-state index in [1.807, 2.05) is 30.3 Å². The molecular weight excluding hydrogens is 408 g/mol. The van der Waals surface area contributed by atoms with Crippen molar-refractivity contribution in [3.05, 3.63) is 42.5 Å². The van der Waals surface area contributed by atoms with Crippen LogP contribution >= 0.6 is 0 Å². The molecule has 3 atom stereocenters. The summed E-state index contributed by atoms with van der Waals surface area (Å²) in [5.74, 6) is 0.886. The van der Waals surface area contributed by atoms with Gasteiger partial charge in [-0.3, -0.25) is 4.79 Å². The second kappa shape index (κ2) is 8.21. The Balaban J connectivity index is 1.27. The molecular formula is C25H32N2O3S. The summed E-state index contributed by atoms with van der Waals surface area (Å²) >= 11 is 0. The van der Waals surface area contributed by atoms with E-state index in [-0.39, 0.29) is 11.8 Å². The minimum atomic E-state index is -3.54. The van der Waals surface area contributed by atoms with Gasteiger partial charge in [-0.15, -0.1) is 0 Å². The van der Waals surface area contributed by atoms with Gasteiger partial charge in [0.25, 0.3) is 0 Å². The zero-order valence-corrected chi connectivity index (χ0v) is 19.1. The van der Waals surface area contributed by atoms with E-state index in [2.05, 4.69) is 11.8 Å². The molecule has 5 nitrogen and oxygen atoms in total. The van der Waals surface area contributed by atoms with E-state index in [1.54, 1.807) is 16.4 Å². The van der Waals surface area contributed by atoms with Crippen LogP contribution < -0.4 is 0 Å². The van der Waals surface area contributed by atoms with E-state index in [9.17, 15) is 13.2 Å². The zero-order valence-electron chi connectivity index (χ0n) is 18.2. The van der Waals surface area contributed by atoms with Crippen LogP contribution in [0.15, 0.2) is 47.4 Å². The van der Waals surface area contributed by atoms with Crippen molar-refractivity contribution in [2.45, 2.75) is 68.8 Å². The van der Waals surface area contributed by atoms with Gasteiger partial charge in [0, 0.05) is 31.1 Å². The first-order valence-corrected chi connectivity index (χ1v) is 13.2. The normalized spacial score (nSPS) is 28.0. The highest BCUT2D eigenvalue weighted by molar-refractivity contribution is 7.89. The van der Waals surface area contributed by atoms with Crippen LogP contribution in [0.1, 0.15) is 51.9 Å². The summed E-state index contributed by atoms with van der Waals surface area (Å²) in [5, 5.41) is 1.96. The number of nitrogens with zero attached hydrogens (tertiary/aromatic N) is 2. The third-order valence-corrected chi connectivity index (χ3v) is 9.66. The quantitative estimate of drug-likeness (QED) is 0.710. The van der Waals surface area contributed by atoms with Gasteiger partial charge in [0.2, 0.25) is 15.9 Å². The van der Waals surface area contributed by atoms with Gasteiger partial charge in [-0.05, 0) is 67.9 Å². The van der Waals surface area contributed by atoms with Crippen LogP contribution in [-0.4, -0.2) is 48.7 Å². The number of piperidine rings is 1. The van der Waals surface area contributed by atoms with Gasteiger partial charge in [0.15, 0.2) is 0 Å². The standard InChI is InChI=1S/C25H32N2O3S/c1-18-16-22-8-4-5-9-24(22)27(18)25(28)20-12-14-26(15-13-20)31(29,30)23-11-10-19-6-2-3-7-21(19)17-23/h2-3,6-7,10-11,17-18,20,22,24H,4-5,8-9,12-16H2,1H3. The van der Waals surface area contributed by atoms with Gasteiger partial charge in [-0.2, -0.15) is 4.31 Å². The first-order chi connectivity index (χ1) is 14.9. The van der Waals surface area contributed by atoms with E-state index in [4.69, 9.17) is 0 Å². The topological polar surface area (TPSA) is 57.7 Å². The molecule has 2 aliphatic heterocycles. The maximum absolute atomic E-state index is 13.4. The summed E-state index contributed by atoms with van der Waals surface area (Å²) in [6.07, 6.45) is 7.27. The van der Waals surface area contributed by atoms with Crippen molar-refractivity contribution in [2.24, 2.45) is 11.8 Å². The van der Waals surface area contributed by atoms with Crippen molar-refractivity contribution < 1.29 is 13.2 Å². The Morgan fingerprint density at radius 2 is 1.65 bits per heavy atom. The molecule has 3 aliphatic rings. The number of rotatable bonds is 3. The van der Waals surface area contributed by atoms with Gasteiger partial charge in [-0.1, -0.05) is 43.2 Å². The number of hydrogen-bond acceptors (Lipinski definition) is 3. The monoisotopic (exact) mass is 440 g/mol. The number of carbonyl (C=O) groups is 1. The fraction of sp³-hybridized carbons (Fsp3) is 0.560. The highest BCUT2D eigenvalue weighted by atomic mass is 32.2. The molecule has 0 aromatic heterocycles. The molecule has 0 N–H and O–H groups in total. The van der Waals surface area contributed by atoms with Crippen molar-refractivity contribution in [1.29, 1.82) is 0 Å². The Hall–Kier alpha value is -1.92. The third kappa shape index (κ3) is 3.78. The molecule has 2 aromatic rings. The van der Waals surface area contributed by atoms with E-state index >= 15 is 0 Å².